The van der Waals surface area contributed by atoms with Crippen LogP contribution in [0.1, 0.15) is 34.6 Å². The van der Waals surface area contributed by atoms with E-state index in [1.165, 1.54) is 0 Å². The summed E-state index contributed by atoms with van der Waals surface area (Å²) in [5.74, 6) is -0.635. The molecule has 0 bridgehead atoms. The summed E-state index contributed by atoms with van der Waals surface area (Å²) >= 11 is 0. The first kappa shape index (κ1) is 13.4. The Morgan fingerprint density at radius 3 is 2.44 bits per heavy atom. The van der Waals surface area contributed by atoms with Gasteiger partial charge in [0.2, 0.25) is 0 Å². The average Bonchev–Trinajstić information content (AvgIpc) is 2.19. The molecule has 1 aliphatic rings. The van der Waals surface area contributed by atoms with E-state index in [1.54, 1.807) is 0 Å². The van der Waals surface area contributed by atoms with Crippen molar-refractivity contribution in [1.29, 1.82) is 0 Å². The molecule has 1 rings (SSSR count). The van der Waals surface area contributed by atoms with Gasteiger partial charge in [-0.3, -0.25) is 0 Å². The van der Waals surface area contributed by atoms with Gasteiger partial charge in [0.1, 0.15) is 6.29 Å². The van der Waals surface area contributed by atoms with Crippen molar-refractivity contribution in [2.24, 2.45) is 11.8 Å². The molecule has 1 aliphatic heterocycles. The van der Waals surface area contributed by atoms with Gasteiger partial charge in [-0.05, 0) is 20.8 Å². The van der Waals surface area contributed by atoms with Crippen LogP contribution in [0.5, 0.6) is 0 Å². The first-order valence-corrected chi connectivity index (χ1v) is 5.75. The normalized spacial score (nSPS) is 35.4. The summed E-state index contributed by atoms with van der Waals surface area (Å²) in [5, 5.41) is 0. The van der Waals surface area contributed by atoms with E-state index >= 15 is 0 Å². The Morgan fingerprint density at radius 1 is 1.44 bits per heavy atom. The van der Waals surface area contributed by atoms with Gasteiger partial charge < -0.3 is 14.3 Å². The first-order valence-electron chi connectivity index (χ1n) is 5.75. The highest BCUT2D eigenvalue weighted by atomic mass is 16.7. The van der Waals surface area contributed by atoms with Gasteiger partial charge in [0.05, 0.1) is 12.2 Å². The zero-order chi connectivity index (χ0) is 12.5. The van der Waals surface area contributed by atoms with E-state index in [9.17, 15) is 4.79 Å². The molecule has 0 radical (unpaired) electrons. The Bertz CT molecular complexity index is 283. The minimum Gasteiger partial charge on any atom is -0.346 e. The molecule has 92 valence electrons. The molecule has 0 amide bonds. The minimum atomic E-state index is -0.655. The van der Waals surface area contributed by atoms with Crippen LogP contribution in [0, 0.1) is 11.8 Å². The summed E-state index contributed by atoms with van der Waals surface area (Å²) < 4.78 is 11.7. The topological polar surface area (TPSA) is 35.5 Å². The first-order chi connectivity index (χ1) is 7.28. The molecular formula is C13H22O3. The van der Waals surface area contributed by atoms with Crippen LogP contribution in [-0.4, -0.2) is 24.3 Å². The van der Waals surface area contributed by atoms with Gasteiger partial charge in [0, 0.05) is 11.8 Å². The minimum absolute atomic E-state index is 0.0452. The highest BCUT2D eigenvalue weighted by Gasteiger charge is 2.43. The van der Waals surface area contributed by atoms with E-state index in [1.807, 2.05) is 34.6 Å². The highest BCUT2D eigenvalue weighted by Crippen LogP contribution is 2.36. The maximum Gasteiger partial charge on any atom is 0.163 e. The van der Waals surface area contributed by atoms with E-state index < -0.39 is 5.79 Å². The fraction of sp³-hybridized carbons (Fsp3) is 0.769. The van der Waals surface area contributed by atoms with Crippen LogP contribution >= 0.6 is 0 Å². The molecule has 1 heterocycles. The molecule has 0 spiro atoms. The maximum atomic E-state index is 10.9. The summed E-state index contributed by atoms with van der Waals surface area (Å²) in [5.41, 5.74) is 0.979. The van der Waals surface area contributed by atoms with Crippen LogP contribution < -0.4 is 0 Å². The van der Waals surface area contributed by atoms with Crippen LogP contribution in [0.3, 0.4) is 0 Å². The number of carbonyl (C=O) groups is 1. The second-order valence-electron chi connectivity index (χ2n) is 5.22. The predicted octanol–water partition coefficient (Wildman–Crippen LogP) is 2.55. The molecule has 4 atom stereocenters. The van der Waals surface area contributed by atoms with E-state index in [4.69, 9.17) is 9.47 Å². The summed E-state index contributed by atoms with van der Waals surface area (Å²) in [4.78, 5) is 10.9. The second kappa shape index (κ2) is 4.68. The van der Waals surface area contributed by atoms with Crippen LogP contribution in [0.2, 0.25) is 0 Å². The summed E-state index contributed by atoms with van der Waals surface area (Å²) in [7, 11) is 0. The SMILES string of the molecule is C=C(C)[C@@H]1OC(C)(C)O[C@@H]([C@H](C)C=O)[C@@H]1C. The van der Waals surface area contributed by atoms with Crippen molar-refractivity contribution in [3.05, 3.63) is 12.2 Å². The Morgan fingerprint density at radius 2 is 2.00 bits per heavy atom. The molecule has 0 aliphatic carbocycles. The van der Waals surface area contributed by atoms with Gasteiger partial charge in [-0.15, -0.1) is 0 Å². The quantitative estimate of drug-likeness (QED) is 0.548. The van der Waals surface area contributed by atoms with Crippen molar-refractivity contribution in [3.8, 4) is 0 Å². The molecule has 0 N–H and O–H groups in total. The zero-order valence-electron chi connectivity index (χ0n) is 10.8. The lowest BCUT2D eigenvalue weighted by molar-refractivity contribution is -0.316. The van der Waals surface area contributed by atoms with Crippen LogP contribution in [0.15, 0.2) is 12.2 Å². The molecular weight excluding hydrogens is 204 g/mol. The number of hydrogen-bond donors (Lipinski definition) is 0. The lowest BCUT2D eigenvalue weighted by Gasteiger charge is -2.46. The molecule has 1 saturated heterocycles. The van der Waals surface area contributed by atoms with Gasteiger partial charge >= 0.3 is 0 Å². The number of carbonyl (C=O) groups excluding carboxylic acids is 1. The molecule has 0 aromatic rings. The fourth-order valence-electron chi connectivity index (χ4n) is 2.26. The van der Waals surface area contributed by atoms with E-state index in [0.717, 1.165) is 11.9 Å². The monoisotopic (exact) mass is 226 g/mol. The molecule has 0 aromatic carbocycles. The molecule has 0 aromatic heterocycles. The molecule has 3 heteroatoms. The second-order valence-corrected chi connectivity index (χ2v) is 5.22. The molecule has 0 unspecified atom stereocenters. The number of ether oxygens (including phenoxy) is 2. The van der Waals surface area contributed by atoms with Crippen molar-refractivity contribution < 1.29 is 14.3 Å². The molecule has 16 heavy (non-hydrogen) atoms. The molecule has 0 saturated carbocycles. The van der Waals surface area contributed by atoms with Gasteiger partial charge in [0.25, 0.3) is 0 Å². The summed E-state index contributed by atoms with van der Waals surface area (Å²) in [6.45, 7) is 13.6. The van der Waals surface area contributed by atoms with E-state index in [2.05, 4.69) is 6.58 Å². The smallest absolute Gasteiger partial charge is 0.163 e. The summed E-state index contributed by atoms with van der Waals surface area (Å²) in [6.07, 6.45) is 0.789. The number of hydrogen-bond acceptors (Lipinski definition) is 3. The van der Waals surface area contributed by atoms with Crippen LogP contribution in [-0.2, 0) is 14.3 Å². The third-order valence-corrected chi connectivity index (χ3v) is 3.04. The largest absolute Gasteiger partial charge is 0.346 e. The van der Waals surface area contributed by atoms with Crippen molar-refractivity contribution in [3.63, 3.8) is 0 Å². The third kappa shape index (κ3) is 2.71. The van der Waals surface area contributed by atoms with Gasteiger partial charge in [-0.1, -0.05) is 26.0 Å². The zero-order valence-corrected chi connectivity index (χ0v) is 10.8. The standard InChI is InChI=1S/C13H22O3/c1-8(2)11-10(4)12(9(3)7-14)16-13(5,6)15-11/h7,9-12H,1H2,2-6H3/t9-,10-,11+,12+/m1/s1. The Labute approximate surface area is 97.8 Å². The van der Waals surface area contributed by atoms with Gasteiger partial charge in [0.15, 0.2) is 5.79 Å². The fourth-order valence-corrected chi connectivity index (χ4v) is 2.26. The predicted molar refractivity (Wildman–Crippen MR) is 63.0 cm³/mol. The van der Waals surface area contributed by atoms with Crippen LogP contribution in [0.4, 0.5) is 0 Å². The third-order valence-electron chi connectivity index (χ3n) is 3.04. The van der Waals surface area contributed by atoms with Crippen molar-refractivity contribution in [2.75, 3.05) is 0 Å². The average molecular weight is 226 g/mol. The Hall–Kier alpha value is -0.670. The molecule has 1 fully saturated rings. The number of aldehydes is 1. The number of rotatable bonds is 3. The lowest BCUT2D eigenvalue weighted by atomic mass is 9.85. The Balaban J connectivity index is 2.93. The summed E-state index contributed by atoms with van der Waals surface area (Å²) in [6, 6.07) is 0. The van der Waals surface area contributed by atoms with Crippen molar-refractivity contribution >= 4 is 6.29 Å². The van der Waals surface area contributed by atoms with Crippen LogP contribution in [0.25, 0.3) is 0 Å². The Kier molecular flexibility index (Phi) is 3.92. The van der Waals surface area contributed by atoms with E-state index in [-0.39, 0.29) is 24.0 Å². The lowest BCUT2D eigenvalue weighted by Crippen LogP contribution is -2.52. The van der Waals surface area contributed by atoms with Crippen molar-refractivity contribution in [2.45, 2.75) is 52.6 Å². The van der Waals surface area contributed by atoms with Crippen molar-refractivity contribution in [1.82, 2.24) is 0 Å². The highest BCUT2D eigenvalue weighted by molar-refractivity contribution is 5.54. The maximum absolute atomic E-state index is 10.9. The van der Waals surface area contributed by atoms with Gasteiger partial charge in [-0.25, -0.2) is 0 Å². The molecule has 3 nitrogen and oxygen atoms in total. The van der Waals surface area contributed by atoms with E-state index in [0.29, 0.717) is 0 Å². The van der Waals surface area contributed by atoms with Gasteiger partial charge in [-0.2, -0.15) is 0 Å².